The smallest absolute Gasteiger partial charge is 0.261 e. The Balaban J connectivity index is 1.24. The number of morpholine rings is 1. The number of amides is 1. The number of ether oxygens (including phenoxy) is 1. The molecule has 0 saturated carbocycles. The Morgan fingerprint density at radius 1 is 0.972 bits per heavy atom. The average Bonchev–Trinajstić information content (AvgIpc) is 3.25. The van der Waals surface area contributed by atoms with Gasteiger partial charge in [0.25, 0.3) is 5.56 Å². The highest BCUT2D eigenvalue weighted by Crippen LogP contribution is 2.36. The van der Waals surface area contributed by atoms with Crippen molar-refractivity contribution in [1.82, 2.24) is 24.3 Å². The molecule has 6 rings (SSSR count). The molecule has 2 aromatic heterocycles. The van der Waals surface area contributed by atoms with Gasteiger partial charge in [0.05, 0.1) is 29.8 Å². The number of benzene rings is 2. The van der Waals surface area contributed by atoms with Crippen molar-refractivity contribution in [3.63, 3.8) is 0 Å². The van der Waals surface area contributed by atoms with Gasteiger partial charge in [-0.15, -0.1) is 0 Å². The monoisotopic (exact) mass is 485 g/mol. The zero-order chi connectivity index (χ0) is 24.5. The fraction of sp³-hybridized carbons (Fsp3) is 0.393. The van der Waals surface area contributed by atoms with E-state index in [4.69, 9.17) is 9.72 Å². The molecular weight excluding hydrogens is 454 g/mol. The number of nitrogens with one attached hydrogen (secondary N) is 1. The molecule has 186 valence electrons. The van der Waals surface area contributed by atoms with E-state index in [1.165, 1.54) is 10.9 Å². The maximum atomic E-state index is 13.3. The zero-order valence-electron chi connectivity index (χ0n) is 20.4. The lowest BCUT2D eigenvalue weighted by atomic mass is 10.0. The number of nitrogens with zero attached hydrogens (tertiary/aromatic N) is 4. The first-order valence-electron chi connectivity index (χ1n) is 12.9. The number of rotatable bonds is 7. The lowest BCUT2D eigenvalue weighted by Crippen LogP contribution is -2.38. The van der Waals surface area contributed by atoms with Crippen molar-refractivity contribution in [1.29, 1.82) is 0 Å². The third-order valence-corrected chi connectivity index (χ3v) is 7.37. The molecule has 8 heteroatoms. The van der Waals surface area contributed by atoms with Gasteiger partial charge in [-0.05, 0) is 43.1 Å². The number of hydrogen-bond donors (Lipinski definition) is 1. The fourth-order valence-corrected chi connectivity index (χ4v) is 5.55. The van der Waals surface area contributed by atoms with Crippen molar-refractivity contribution in [3.8, 4) is 11.5 Å². The first-order chi connectivity index (χ1) is 17.7. The van der Waals surface area contributed by atoms with E-state index in [-0.39, 0.29) is 11.5 Å². The van der Waals surface area contributed by atoms with Crippen molar-refractivity contribution in [2.75, 3.05) is 39.4 Å². The minimum absolute atomic E-state index is 0.00364. The summed E-state index contributed by atoms with van der Waals surface area (Å²) < 4.78 is 9.38. The number of aromatic nitrogens is 3. The molecule has 0 unspecified atom stereocenters. The van der Waals surface area contributed by atoms with Gasteiger partial charge < -0.3 is 14.6 Å². The Morgan fingerprint density at radius 3 is 2.61 bits per heavy atom. The van der Waals surface area contributed by atoms with Crippen molar-refractivity contribution in [2.24, 2.45) is 0 Å². The lowest BCUT2D eigenvalue weighted by Gasteiger charge is -2.26. The summed E-state index contributed by atoms with van der Waals surface area (Å²) in [5, 5.41) is 4.90. The van der Waals surface area contributed by atoms with E-state index in [9.17, 15) is 9.59 Å². The maximum Gasteiger partial charge on any atom is 0.261 e. The first-order valence-corrected chi connectivity index (χ1v) is 12.9. The molecule has 4 aromatic rings. The van der Waals surface area contributed by atoms with Gasteiger partial charge in [0.2, 0.25) is 5.91 Å². The molecule has 1 saturated heterocycles. The fourth-order valence-electron chi connectivity index (χ4n) is 5.55. The summed E-state index contributed by atoms with van der Waals surface area (Å²) in [6.45, 7) is 6.31. The number of carbonyl (C=O) groups excluding carboxylic acids is 1. The highest BCUT2D eigenvalue weighted by atomic mass is 16.5. The highest BCUT2D eigenvalue weighted by Gasteiger charge is 2.27. The predicted molar refractivity (Wildman–Crippen MR) is 140 cm³/mol. The van der Waals surface area contributed by atoms with Crippen LogP contribution in [-0.4, -0.2) is 64.3 Å². The summed E-state index contributed by atoms with van der Waals surface area (Å²) in [6, 6.07) is 15.8. The predicted octanol–water partition coefficient (Wildman–Crippen LogP) is 2.80. The number of para-hydroxylation sites is 2. The summed E-state index contributed by atoms with van der Waals surface area (Å²) in [5.41, 5.74) is 3.95. The lowest BCUT2D eigenvalue weighted by molar-refractivity contribution is -0.121. The van der Waals surface area contributed by atoms with Crippen LogP contribution >= 0.6 is 0 Å². The van der Waals surface area contributed by atoms with E-state index in [1.54, 1.807) is 4.57 Å². The van der Waals surface area contributed by atoms with Gasteiger partial charge in [0, 0.05) is 50.0 Å². The highest BCUT2D eigenvalue weighted by molar-refractivity contribution is 5.92. The van der Waals surface area contributed by atoms with Crippen molar-refractivity contribution in [2.45, 2.75) is 32.4 Å². The Bertz CT molecular complexity index is 1480. The SMILES string of the molecule is O=C(CCn1c2c(c3ccccc31)CCn1c-2nc2ccccc2c1=O)NCCCN1CCOCC1. The average molecular weight is 486 g/mol. The number of fused-ring (bicyclic) bond motifs is 6. The van der Waals surface area contributed by atoms with Crippen molar-refractivity contribution < 1.29 is 9.53 Å². The summed E-state index contributed by atoms with van der Waals surface area (Å²) in [5.74, 6) is 0.741. The normalized spacial score (nSPS) is 15.7. The second kappa shape index (κ2) is 9.87. The molecule has 0 aliphatic carbocycles. The van der Waals surface area contributed by atoms with Crippen LogP contribution in [0, 0.1) is 0 Å². The van der Waals surface area contributed by atoms with E-state index < -0.39 is 0 Å². The largest absolute Gasteiger partial charge is 0.379 e. The topological polar surface area (TPSA) is 81.4 Å². The molecule has 2 aliphatic rings. The van der Waals surface area contributed by atoms with Crippen LogP contribution in [0.4, 0.5) is 0 Å². The molecule has 8 nitrogen and oxygen atoms in total. The molecule has 36 heavy (non-hydrogen) atoms. The third-order valence-electron chi connectivity index (χ3n) is 7.37. The van der Waals surface area contributed by atoms with Gasteiger partial charge in [-0.1, -0.05) is 30.3 Å². The Labute approximate surface area is 209 Å². The van der Waals surface area contributed by atoms with Crippen LogP contribution in [0.5, 0.6) is 0 Å². The molecule has 2 aliphatic heterocycles. The van der Waals surface area contributed by atoms with Crippen LogP contribution < -0.4 is 10.9 Å². The van der Waals surface area contributed by atoms with Crippen LogP contribution in [0.3, 0.4) is 0 Å². The number of aryl methyl sites for hydroxylation is 2. The Hall–Kier alpha value is -3.49. The third kappa shape index (κ3) is 4.20. The molecule has 1 amide bonds. The molecule has 4 heterocycles. The Morgan fingerprint density at radius 2 is 1.75 bits per heavy atom. The molecule has 0 atom stereocenters. The van der Waals surface area contributed by atoms with Crippen molar-refractivity contribution >= 4 is 27.7 Å². The number of hydrogen-bond acceptors (Lipinski definition) is 5. The Kier molecular flexibility index (Phi) is 6.29. The second-order valence-electron chi connectivity index (χ2n) is 9.56. The minimum atomic E-state index is -0.00364. The minimum Gasteiger partial charge on any atom is -0.379 e. The van der Waals surface area contributed by atoms with Crippen LogP contribution in [0.2, 0.25) is 0 Å². The van der Waals surface area contributed by atoms with Crippen LogP contribution in [0.25, 0.3) is 33.3 Å². The van der Waals surface area contributed by atoms with E-state index in [2.05, 4.69) is 26.9 Å². The zero-order valence-corrected chi connectivity index (χ0v) is 20.4. The van der Waals surface area contributed by atoms with E-state index in [0.29, 0.717) is 42.8 Å². The van der Waals surface area contributed by atoms with E-state index >= 15 is 0 Å². The van der Waals surface area contributed by atoms with Crippen molar-refractivity contribution in [3.05, 3.63) is 64.4 Å². The molecule has 0 spiro atoms. The van der Waals surface area contributed by atoms with Gasteiger partial charge in [0.15, 0.2) is 5.82 Å². The van der Waals surface area contributed by atoms with Crippen LogP contribution in [0.15, 0.2) is 53.3 Å². The molecule has 2 aromatic carbocycles. The summed E-state index contributed by atoms with van der Waals surface area (Å²) in [6.07, 6.45) is 2.07. The molecule has 1 N–H and O–H groups in total. The maximum absolute atomic E-state index is 13.3. The van der Waals surface area contributed by atoms with Gasteiger partial charge in [0.1, 0.15) is 0 Å². The summed E-state index contributed by atoms with van der Waals surface area (Å²) >= 11 is 0. The molecule has 1 fully saturated rings. The van der Waals surface area contributed by atoms with Crippen LogP contribution in [0.1, 0.15) is 18.4 Å². The molecular formula is C28H31N5O3. The van der Waals surface area contributed by atoms with Gasteiger partial charge in [-0.3, -0.25) is 19.1 Å². The molecule has 0 radical (unpaired) electrons. The quantitative estimate of drug-likeness (QED) is 0.407. The van der Waals surface area contributed by atoms with E-state index in [1.807, 2.05) is 36.4 Å². The van der Waals surface area contributed by atoms with Gasteiger partial charge in [-0.25, -0.2) is 4.98 Å². The van der Waals surface area contributed by atoms with Gasteiger partial charge >= 0.3 is 0 Å². The second-order valence-corrected chi connectivity index (χ2v) is 9.56. The standard InChI is InChI=1S/C28H31N5O3/c34-25(29-12-5-13-31-16-18-36-19-17-31)11-15-32-24-9-4-2-6-20(24)21-10-14-33-27(26(21)32)30-23-8-3-1-7-22(23)28(33)35/h1-4,6-9H,5,10-19H2,(H,29,34). The summed E-state index contributed by atoms with van der Waals surface area (Å²) in [7, 11) is 0. The van der Waals surface area contributed by atoms with Crippen LogP contribution in [-0.2, 0) is 29.0 Å². The van der Waals surface area contributed by atoms with E-state index in [0.717, 1.165) is 56.9 Å². The summed E-state index contributed by atoms with van der Waals surface area (Å²) in [4.78, 5) is 33.3. The molecule has 0 bridgehead atoms. The number of carbonyl (C=O) groups is 1. The first kappa shape index (κ1) is 22.9. The van der Waals surface area contributed by atoms with Gasteiger partial charge in [-0.2, -0.15) is 0 Å².